The molecule has 0 bridgehead atoms. The lowest BCUT2D eigenvalue weighted by Crippen LogP contribution is -2.03. The predicted molar refractivity (Wildman–Crippen MR) is 261 cm³/mol. The van der Waals surface area contributed by atoms with Crippen molar-refractivity contribution in [2.24, 2.45) is 0 Å². The van der Waals surface area contributed by atoms with Crippen molar-refractivity contribution in [3.05, 3.63) is 265 Å². The molecule has 0 nitrogen and oxygen atoms in total. The van der Waals surface area contributed by atoms with Crippen LogP contribution in [-0.2, 0) is 0 Å². The predicted octanol–water partition coefficient (Wildman–Crippen LogP) is 16.7. The van der Waals surface area contributed by atoms with Crippen LogP contribution >= 0.6 is 0 Å². The van der Waals surface area contributed by atoms with Crippen LogP contribution in [0.25, 0.3) is 100 Å². The summed E-state index contributed by atoms with van der Waals surface area (Å²) in [5.41, 5.74) is 27.2. The third kappa shape index (κ3) is 5.61. The Hall–Kier alpha value is -8.06. The highest BCUT2D eigenvalue weighted by Crippen LogP contribution is 2.61. The molecule has 0 N–H and O–H groups in total. The van der Waals surface area contributed by atoms with Gasteiger partial charge in [0.15, 0.2) is 0 Å². The summed E-state index contributed by atoms with van der Waals surface area (Å²) in [6.45, 7) is 0. The van der Waals surface area contributed by atoms with E-state index in [1.165, 1.54) is 122 Å². The van der Waals surface area contributed by atoms with E-state index in [0.29, 0.717) is 0 Å². The minimum absolute atomic E-state index is 1.18. The third-order valence-electron chi connectivity index (χ3n) is 12.8. The lowest BCUT2D eigenvalue weighted by molar-refractivity contribution is 1.51. The summed E-state index contributed by atoms with van der Waals surface area (Å²) in [4.78, 5) is 0. The van der Waals surface area contributed by atoms with E-state index < -0.39 is 0 Å². The van der Waals surface area contributed by atoms with E-state index in [0.717, 1.165) is 0 Å². The fourth-order valence-electron chi connectivity index (χ4n) is 10.4. The van der Waals surface area contributed by atoms with E-state index in [2.05, 4.69) is 243 Å². The van der Waals surface area contributed by atoms with Gasteiger partial charge in [-0.15, -0.1) is 0 Å². The van der Waals surface area contributed by atoms with E-state index in [1.54, 1.807) is 0 Å². The van der Waals surface area contributed by atoms with Crippen LogP contribution in [0.2, 0.25) is 0 Å². The molecule has 0 aromatic heterocycles. The molecule has 10 aromatic carbocycles. The maximum atomic E-state index is 2.40. The third-order valence-corrected chi connectivity index (χ3v) is 12.8. The first-order valence-corrected chi connectivity index (χ1v) is 21.5. The molecular formula is C62H40. The Morgan fingerprint density at radius 2 is 0.371 bits per heavy atom. The van der Waals surface area contributed by atoms with Crippen LogP contribution in [0.3, 0.4) is 0 Å². The molecule has 10 aromatic rings. The summed E-state index contributed by atoms with van der Waals surface area (Å²) in [5, 5.41) is 0. The van der Waals surface area contributed by atoms with Crippen molar-refractivity contribution in [1.82, 2.24) is 0 Å². The zero-order valence-corrected chi connectivity index (χ0v) is 34.1. The molecule has 2 aliphatic carbocycles. The Labute approximate surface area is 363 Å². The molecular weight excluding hydrogens is 745 g/mol. The molecule has 0 saturated carbocycles. The molecule has 2 aliphatic rings. The first-order chi connectivity index (χ1) is 30.8. The zero-order chi connectivity index (χ0) is 41.0. The first kappa shape index (κ1) is 35.8. The molecule has 288 valence electrons. The largest absolute Gasteiger partial charge is 0.0622 e. The summed E-state index contributed by atoms with van der Waals surface area (Å²) >= 11 is 0. The Bertz CT molecular complexity index is 3190. The van der Waals surface area contributed by atoms with Gasteiger partial charge in [0.1, 0.15) is 0 Å². The molecule has 0 spiro atoms. The van der Waals surface area contributed by atoms with E-state index in [4.69, 9.17) is 0 Å². The molecule has 62 heavy (non-hydrogen) atoms. The van der Waals surface area contributed by atoms with Crippen molar-refractivity contribution in [1.29, 1.82) is 0 Å². The molecule has 12 rings (SSSR count). The monoisotopic (exact) mass is 784 g/mol. The maximum absolute atomic E-state index is 2.40. The second-order valence-corrected chi connectivity index (χ2v) is 16.2. The molecule has 0 atom stereocenters. The van der Waals surface area contributed by atoms with Crippen LogP contribution in [0.5, 0.6) is 0 Å². The maximum Gasteiger partial charge on any atom is -0.000741 e. The van der Waals surface area contributed by atoms with Gasteiger partial charge in [-0.1, -0.05) is 243 Å². The van der Waals surface area contributed by atoms with Gasteiger partial charge in [0.2, 0.25) is 0 Å². The molecule has 0 amide bonds. The number of benzene rings is 10. The van der Waals surface area contributed by atoms with Crippen molar-refractivity contribution >= 4 is 11.1 Å². The molecule has 0 heteroatoms. The Kier molecular flexibility index (Phi) is 8.61. The van der Waals surface area contributed by atoms with Gasteiger partial charge in [-0.3, -0.25) is 0 Å². The van der Waals surface area contributed by atoms with Gasteiger partial charge < -0.3 is 0 Å². The highest BCUT2D eigenvalue weighted by atomic mass is 14.4. The Balaban J connectivity index is 1.35. The van der Waals surface area contributed by atoms with Gasteiger partial charge in [-0.2, -0.15) is 0 Å². The lowest BCUT2D eigenvalue weighted by atomic mass is 9.73. The number of hydrogen-bond acceptors (Lipinski definition) is 0. The van der Waals surface area contributed by atoms with E-state index in [1.807, 2.05) is 0 Å². The quantitative estimate of drug-likeness (QED) is 0.158. The summed E-state index contributed by atoms with van der Waals surface area (Å²) in [6, 6.07) is 89.5. The van der Waals surface area contributed by atoms with Crippen LogP contribution in [0.1, 0.15) is 22.3 Å². The van der Waals surface area contributed by atoms with Crippen molar-refractivity contribution in [2.45, 2.75) is 0 Å². The number of hydrogen-bond donors (Lipinski definition) is 0. The smallest absolute Gasteiger partial charge is 0.000741 e. The summed E-state index contributed by atoms with van der Waals surface area (Å²) in [6.07, 6.45) is 0. The Morgan fingerprint density at radius 1 is 0.129 bits per heavy atom. The fraction of sp³-hybridized carbons (Fsp3) is 0. The van der Waals surface area contributed by atoms with Gasteiger partial charge in [-0.05, 0) is 122 Å². The summed E-state index contributed by atoms with van der Waals surface area (Å²) < 4.78 is 0. The van der Waals surface area contributed by atoms with Crippen LogP contribution in [0.15, 0.2) is 243 Å². The van der Waals surface area contributed by atoms with Crippen molar-refractivity contribution in [3.8, 4) is 89.0 Å². The fourth-order valence-corrected chi connectivity index (χ4v) is 10.4. The van der Waals surface area contributed by atoms with Crippen LogP contribution < -0.4 is 0 Å². The van der Waals surface area contributed by atoms with Gasteiger partial charge in [0.05, 0.1) is 0 Å². The normalized spacial score (nSPS) is 12.1. The van der Waals surface area contributed by atoms with Gasteiger partial charge in [0.25, 0.3) is 0 Å². The molecule has 0 saturated heterocycles. The average Bonchev–Trinajstić information content (AvgIpc) is 3.87. The average molecular weight is 785 g/mol. The summed E-state index contributed by atoms with van der Waals surface area (Å²) in [5.74, 6) is 0. The van der Waals surface area contributed by atoms with Gasteiger partial charge in [0, 0.05) is 0 Å². The lowest BCUT2D eigenvalue weighted by Gasteiger charge is -2.29. The second-order valence-electron chi connectivity index (χ2n) is 16.2. The molecule has 0 aliphatic heterocycles. The minimum atomic E-state index is 1.18. The molecule has 0 heterocycles. The van der Waals surface area contributed by atoms with Crippen LogP contribution in [0.4, 0.5) is 0 Å². The van der Waals surface area contributed by atoms with E-state index in [-0.39, 0.29) is 0 Å². The summed E-state index contributed by atoms with van der Waals surface area (Å²) in [7, 11) is 0. The van der Waals surface area contributed by atoms with Crippen LogP contribution in [0, 0.1) is 0 Å². The standard InChI is InChI=1S/C62H40/c1-6-23-41(24-7-1)54-55(42-25-8-2-9-26-42)57(44-29-12-4-13-30-44)62(58(45-31-14-5-15-32-45)56(54)43-27-10-3-11-28-43)53-40-22-39-51-48-35-18-21-38-52(48)61(60(51)53)59-49-36-19-16-33-46(49)47-34-17-20-37-50(47)59/h1-40H. The van der Waals surface area contributed by atoms with Crippen molar-refractivity contribution in [3.63, 3.8) is 0 Å². The SMILES string of the molecule is c1ccc(-c2c(-c3ccccc3)c(-c3ccccc3)c(-c3cccc4c3C(=C3c5ccccc5-c5ccccc53)c3ccccc3-4)c(-c3ccccc3)c2-c2ccccc2)cc1. The second kappa shape index (κ2) is 14.9. The van der Waals surface area contributed by atoms with E-state index >= 15 is 0 Å². The van der Waals surface area contributed by atoms with Crippen molar-refractivity contribution < 1.29 is 0 Å². The number of fused-ring (bicyclic) bond motifs is 6. The van der Waals surface area contributed by atoms with E-state index in [9.17, 15) is 0 Å². The zero-order valence-electron chi connectivity index (χ0n) is 34.1. The first-order valence-electron chi connectivity index (χ1n) is 21.5. The molecule has 0 radical (unpaired) electrons. The van der Waals surface area contributed by atoms with Crippen LogP contribution in [-0.4, -0.2) is 0 Å². The minimum Gasteiger partial charge on any atom is -0.0622 e. The molecule has 0 fully saturated rings. The Morgan fingerprint density at radius 3 is 0.726 bits per heavy atom. The highest BCUT2D eigenvalue weighted by Gasteiger charge is 2.36. The van der Waals surface area contributed by atoms with Crippen molar-refractivity contribution in [2.75, 3.05) is 0 Å². The molecule has 0 unspecified atom stereocenters. The van der Waals surface area contributed by atoms with Gasteiger partial charge >= 0.3 is 0 Å². The topological polar surface area (TPSA) is 0 Å². The highest BCUT2D eigenvalue weighted by molar-refractivity contribution is 6.23. The van der Waals surface area contributed by atoms with Gasteiger partial charge in [-0.25, -0.2) is 0 Å². The number of rotatable bonds is 6.